The first-order valence-corrected chi connectivity index (χ1v) is 3.04. The maximum atomic E-state index is 11.9. The van der Waals surface area contributed by atoms with Crippen molar-refractivity contribution in [2.75, 3.05) is 0 Å². The number of nitrogens with zero attached hydrogens (tertiary/aromatic N) is 1. The number of halogens is 6. The first-order chi connectivity index (χ1) is 5.73. The fourth-order valence-corrected chi connectivity index (χ4v) is 0.833. The van der Waals surface area contributed by atoms with Gasteiger partial charge in [-0.15, -0.1) is 13.2 Å². The van der Waals surface area contributed by atoms with E-state index in [0.29, 0.717) is 18.3 Å². The SMILES string of the molecule is FC(F)(F)c1cccn1C(F)(F)F. The molecule has 0 aliphatic heterocycles. The zero-order valence-electron chi connectivity index (χ0n) is 5.95. The van der Waals surface area contributed by atoms with Gasteiger partial charge in [-0.1, -0.05) is 0 Å². The monoisotopic (exact) mass is 203 g/mol. The van der Waals surface area contributed by atoms with Crippen LogP contribution in [0.3, 0.4) is 0 Å². The largest absolute Gasteiger partial charge is 0.488 e. The quantitative estimate of drug-likeness (QED) is 0.571. The minimum atomic E-state index is -5.03. The zero-order valence-corrected chi connectivity index (χ0v) is 5.95. The Morgan fingerprint density at radius 1 is 1.00 bits per heavy atom. The average Bonchev–Trinajstić information content (AvgIpc) is 2.27. The van der Waals surface area contributed by atoms with Crippen molar-refractivity contribution in [3.05, 3.63) is 24.0 Å². The van der Waals surface area contributed by atoms with E-state index in [1.54, 1.807) is 0 Å². The predicted molar refractivity (Wildman–Crippen MR) is 30.7 cm³/mol. The van der Waals surface area contributed by atoms with Crippen LogP contribution in [0.15, 0.2) is 18.3 Å². The molecule has 0 bridgehead atoms. The Morgan fingerprint density at radius 3 is 1.85 bits per heavy atom. The third kappa shape index (κ3) is 1.96. The van der Waals surface area contributed by atoms with E-state index in [9.17, 15) is 26.3 Å². The van der Waals surface area contributed by atoms with Gasteiger partial charge in [-0.2, -0.15) is 13.2 Å². The van der Waals surface area contributed by atoms with Crippen molar-refractivity contribution >= 4 is 0 Å². The van der Waals surface area contributed by atoms with Gasteiger partial charge in [-0.3, -0.25) is 4.57 Å². The summed E-state index contributed by atoms with van der Waals surface area (Å²) >= 11 is 0. The molecule has 0 radical (unpaired) electrons. The molecule has 0 aliphatic rings. The highest BCUT2D eigenvalue weighted by molar-refractivity contribution is 5.11. The van der Waals surface area contributed by atoms with Crippen LogP contribution in [0.25, 0.3) is 0 Å². The molecular formula is C6H3F6N. The lowest BCUT2D eigenvalue weighted by Crippen LogP contribution is -2.23. The molecule has 0 aliphatic carbocycles. The summed E-state index contributed by atoms with van der Waals surface area (Å²) in [6.07, 6.45) is -9.70. The standard InChI is InChI=1S/C6H3F6N/c7-5(8,9)4-2-1-3-13(4)6(10,11)12/h1-3H. The molecule has 1 rings (SSSR count). The molecule has 0 N–H and O–H groups in total. The van der Waals surface area contributed by atoms with Crippen molar-refractivity contribution in [2.24, 2.45) is 0 Å². The van der Waals surface area contributed by atoms with Crippen LogP contribution >= 0.6 is 0 Å². The molecular weight excluding hydrogens is 200 g/mol. The van der Waals surface area contributed by atoms with E-state index < -0.39 is 22.7 Å². The summed E-state index contributed by atoms with van der Waals surface area (Å²) in [7, 11) is 0. The van der Waals surface area contributed by atoms with Gasteiger partial charge in [0.05, 0.1) is 0 Å². The fourth-order valence-electron chi connectivity index (χ4n) is 0.833. The molecule has 7 heteroatoms. The molecule has 0 amide bonds. The number of rotatable bonds is 0. The zero-order chi connectivity index (χ0) is 10.3. The molecule has 1 heterocycles. The van der Waals surface area contributed by atoms with E-state index in [1.807, 2.05) is 0 Å². The van der Waals surface area contributed by atoms with Crippen molar-refractivity contribution in [3.8, 4) is 0 Å². The van der Waals surface area contributed by atoms with Crippen molar-refractivity contribution < 1.29 is 26.3 Å². The number of hydrogen-bond donors (Lipinski definition) is 0. The molecule has 1 aromatic heterocycles. The normalized spacial score (nSPS) is 13.4. The van der Waals surface area contributed by atoms with Crippen LogP contribution in [0, 0.1) is 0 Å². The lowest BCUT2D eigenvalue weighted by atomic mass is 10.4. The third-order valence-electron chi connectivity index (χ3n) is 1.31. The minimum absolute atomic E-state index is 0.322. The second-order valence-corrected chi connectivity index (χ2v) is 2.23. The lowest BCUT2D eigenvalue weighted by Gasteiger charge is -2.13. The smallest absolute Gasteiger partial charge is 0.254 e. The summed E-state index contributed by atoms with van der Waals surface area (Å²) in [4.78, 5) is 0. The maximum Gasteiger partial charge on any atom is 0.488 e. The molecule has 1 nitrogen and oxygen atoms in total. The van der Waals surface area contributed by atoms with Crippen molar-refractivity contribution in [2.45, 2.75) is 12.5 Å². The molecule has 0 fully saturated rings. The number of aromatic nitrogens is 1. The van der Waals surface area contributed by atoms with Gasteiger partial charge in [0, 0.05) is 6.20 Å². The van der Waals surface area contributed by atoms with Gasteiger partial charge in [-0.25, -0.2) is 0 Å². The van der Waals surface area contributed by atoms with Crippen LogP contribution in [-0.4, -0.2) is 4.57 Å². The van der Waals surface area contributed by atoms with Crippen molar-refractivity contribution in [1.82, 2.24) is 4.57 Å². The van der Waals surface area contributed by atoms with E-state index in [-0.39, 0.29) is 0 Å². The molecule has 0 saturated heterocycles. The topological polar surface area (TPSA) is 4.93 Å². The van der Waals surface area contributed by atoms with Crippen LogP contribution in [0.4, 0.5) is 26.3 Å². The first kappa shape index (κ1) is 9.94. The Hall–Kier alpha value is -1.14. The second kappa shape index (κ2) is 2.68. The summed E-state index contributed by atoms with van der Waals surface area (Å²) in [6, 6.07) is 1.06. The summed E-state index contributed by atoms with van der Waals surface area (Å²) in [5, 5.41) is 0. The molecule has 0 atom stereocenters. The number of alkyl halides is 6. The molecule has 1 aromatic rings. The van der Waals surface area contributed by atoms with Crippen LogP contribution in [0.5, 0.6) is 0 Å². The van der Waals surface area contributed by atoms with Gasteiger partial charge in [0.15, 0.2) is 0 Å². The fraction of sp³-hybridized carbons (Fsp3) is 0.333. The highest BCUT2D eigenvalue weighted by Gasteiger charge is 2.41. The van der Waals surface area contributed by atoms with Crippen molar-refractivity contribution in [3.63, 3.8) is 0 Å². The Balaban J connectivity index is 3.19. The maximum absolute atomic E-state index is 11.9. The van der Waals surface area contributed by atoms with E-state index in [4.69, 9.17) is 0 Å². The van der Waals surface area contributed by atoms with Crippen LogP contribution in [0.2, 0.25) is 0 Å². The molecule has 13 heavy (non-hydrogen) atoms. The summed E-state index contributed by atoms with van der Waals surface area (Å²) in [5.74, 6) is 0. The molecule has 0 saturated carbocycles. The average molecular weight is 203 g/mol. The minimum Gasteiger partial charge on any atom is -0.254 e. The highest BCUT2D eigenvalue weighted by Crippen LogP contribution is 2.34. The van der Waals surface area contributed by atoms with E-state index in [1.165, 1.54) is 0 Å². The molecule has 74 valence electrons. The van der Waals surface area contributed by atoms with E-state index in [0.717, 1.165) is 0 Å². The van der Waals surface area contributed by atoms with Crippen LogP contribution in [-0.2, 0) is 12.5 Å². The van der Waals surface area contributed by atoms with Crippen LogP contribution in [0.1, 0.15) is 5.69 Å². The Bertz CT molecular complexity index is 264. The first-order valence-electron chi connectivity index (χ1n) is 3.04. The predicted octanol–water partition coefficient (Wildman–Crippen LogP) is 2.98. The van der Waals surface area contributed by atoms with E-state index >= 15 is 0 Å². The Labute approximate surface area is 68.6 Å². The summed E-state index contributed by atoms with van der Waals surface area (Å²) in [5.41, 5.74) is -1.72. The second-order valence-electron chi connectivity index (χ2n) is 2.23. The Kier molecular flexibility index (Phi) is 2.05. The number of hydrogen-bond acceptors (Lipinski definition) is 0. The molecule has 0 aromatic carbocycles. The summed E-state index contributed by atoms with van der Waals surface area (Å²) in [6.45, 7) is 0. The highest BCUT2D eigenvalue weighted by atomic mass is 19.4. The van der Waals surface area contributed by atoms with Gasteiger partial charge < -0.3 is 0 Å². The van der Waals surface area contributed by atoms with E-state index in [2.05, 4.69) is 0 Å². The van der Waals surface area contributed by atoms with Crippen LogP contribution < -0.4 is 0 Å². The third-order valence-corrected chi connectivity index (χ3v) is 1.31. The lowest BCUT2D eigenvalue weighted by molar-refractivity contribution is -0.221. The van der Waals surface area contributed by atoms with Gasteiger partial charge in [0.1, 0.15) is 5.69 Å². The van der Waals surface area contributed by atoms with Gasteiger partial charge in [0.2, 0.25) is 0 Å². The van der Waals surface area contributed by atoms with Gasteiger partial charge >= 0.3 is 12.5 Å². The van der Waals surface area contributed by atoms with Crippen molar-refractivity contribution in [1.29, 1.82) is 0 Å². The molecule has 0 unspecified atom stereocenters. The Morgan fingerprint density at radius 2 is 1.54 bits per heavy atom. The van der Waals surface area contributed by atoms with Gasteiger partial charge in [0.25, 0.3) is 0 Å². The molecule has 0 spiro atoms. The summed E-state index contributed by atoms with van der Waals surface area (Å²) < 4.78 is 70.5. The van der Waals surface area contributed by atoms with Gasteiger partial charge in [-0.05, 0) is 12.1 Å².